The Balaban J connectivity index is 1.55. The highest BCUT2D eigenvalue weighted by molar-refractivity contribution is 5.30. The number of benzene rings is 1. The van der Waals surface area contributed by atoms with Gasteiger partial charge in [0.25, 0.3) is 0 Å². The third-order valence-electron chi connectivity index (χ3n) is 3.62. The van der Waals surface area contributed by atoms with Crippen molar-refractivity contribution in [3.8, 4) is 5.75 Å². The summed E-state index contributed by atoms with van der Waals surface area (Å²) in [6, 6.07) is 9.32. The zero-order valence-corrected chi connectivity index (χ0v) is 12.3. The highest BCUT2D eigenvalue weighted by atomic mass is 16.5. The summed E-state index contributed by atoms with van der Waals surface area (Å²) < 4.78 is 5.82. The van der Waals surface area contributed by atoms with Gasteiger partial charge in [0.05, 0.1) is 6.61 Å². The Kier molecular flexibility index (Phi) is 5.71. The van der Waals surface area contributed by atoms with Crippen LogP contribution in [-0.4, -0.2) is 19.2 Å². The fourth-order valence-electron chi connectivity index (χ4n) is 2.15. The van der Waals surface area contributed by atoms with Crippen molar-refractivity contribution in [2.45, 2.75) is 57.9 Å². The first-order valence-corrected chi connectivity index (χ1v) is 7.72. The van der Waals surface area contributed by atoms with Gasteiger partial charge < -0.3 is 10.1 Å². The maximum Gasteiger partial charge on any atom is 0.119 e. The van der Waals surface area contributed by atoms with Gasteiger partial charge in [0.2, 0.25) is 0 Å². The Hall–Kier alpha value is -1.02. The minimum atomic E-state index is 0.567. The van der Waals surface area contributed by atoms with Gasteiger partial charge in [-0.05, 0) is 62.3 Å². The van der Waals surface area contributed by atoms with Gasteiger partial charge >= 0.3 is 0 Å². The van der Waals surface area contributed by atoms with Crippen LogP contribution in [0.3, 0.4) is 0 Å². The Labute approximate surface area is 117 Å². The molecule has 1 aliphatic rings. The van der Waals surface area contributed by atoms with Gasteiger partial charge in [0.15, 0.2) is 0 Å². The molecule has 1 fully saturated rings. The maximum atomic E-state index is 5.82. The highest BCUT2D eigenvalue weighted by Gasteiger charge is 2.19. The van der Waals surface area contributed by atoms with Crippen molar-refractivity contribution >= 4 is 0 Å². The van der Waals surface area contributed by atoms with Crippen LogP contribution in [0.4, 0.5) is 0 Å². The molecule has 106 valence electrons. The first kappa shape index (κ1) is 14.4. The van der Waals surface area contributed by atoms with E-state index in [1.165, 1.54) is 37.8 Å². The molecule has 1 aliphatic carbocycles. The molecule has 0 atom stereocenters. The summed E-state index contributed by atoms with van der Waals surface area (Å²) in [5, 5.41) is 3.54. The second kappa shape index (κ2) is 7.54. The summed E-state index contributed by atoms with van der Waals surface area (Å²) >= 11 is 0. The highest BCUT2D eigenvalue weighted by Crippen LogP contribution is 2.20. The predicted octanol–water partition coefficient (Wildman–Crippen LogP) is 4.11. The molecular formula is C17H27NO. The van der Waals surface area contributed by atoms with Gasteiger partial charge in [0, 0.05) is 6.04 Å². The van der Waals surface area contributed by atoms with Crippen molar-refractivity contribution < 1.29 is 4.74 Å². The summed E-state index contributed by atoms with van der Waals surface area (Å²) in [5.74, 6) is 1.58. The van der Waals surface area contributed by atoms with Crippen molar-refractivity contribution in [3.05, 3.63) is 29.8 Å². The molecule has 0 amide bonds. The zero-order valence-electron chi connectivity index (χ0n) is 12.3. The van der Waals surface area contributed by atoms with E-state index in [2.05, 4.69) is 43.4 Å². The monoisotopic (exact) mass is 261 g/mol. The fourth-order valence-corrected chi connectivity index (χ4v) is 2.15. The van der Waals surface area contributed by atoms with Crippen LogP contribution >= 0.6 is 0 Å². The van der Waals surface area contributed by atoms with Crippen LogP contribution in [0, 0.1) is 0 Å². The van der Waals surface area contributed by atoms with E-state index in [0.29, 0.717) is 5.92 Å². The number of rotatable bonds is 9. The van der Waals surface area contributed by atoms with E-state index < -0.39 is 0 Å². The SMILES string of the molecule is CC(C)c1cccc(OCCCCCNC2CC2)c1. The third kappa shape index (κ3) is 5.65. The molecule has 0 unspecified atom stereocenters. The average Bonchev–Trinajstić information content (AvgIpc) is 3.22. The van der Waals surface area contributed by atoms with E-state index in [0.717, 1.165) is 24.8 Å². The molecule has 0 spiro atoms. The molecule has 0 radical (unpaired) electrons. The lowest BCUT2D eigenvalue weighted by molar-refractivity contribution is 0.304. The molecule has 0 aliphatic heterocycles. The van der Waals surface area contributed by atoms with Crippen LogP contribution in [0.1, 0.15) is 57.4 Å². The Bertz CT molecular complexity index is 371. The molecule has 2 heteroatoms. The number of ether oxygens (including phenoxy) is 1. The van der Waals surface area contributed by atoms with E-state index in [1.807, 2.05) is 0 Å². The summed E-state index contributed by atoms with van der Waals surface area (Å²) in [7, 11) is 0. The first-order chi connectivity index (χ1) is 9.25. The number of unbranched alkanes of at least 4 members (excludes halogenated alkanes) is 2. The zero-order chi connectivity index (χ0) is 13.5. The Morgan fingerprint density at radius 1 is 1.21 bits per heavy atom. The second-order valence-electron chi connectivity index (χ2n) is 5.86. The van der Waals surface area contributed by atoms with Gasteiger partial charge in [-0.3, -0.25) is 0 Å². The second-order valence-corrected chi connectivity index (χ2v) is 5.86. The van der Waals surface area contributed by atoms with Crippen molar-refractivity contribution in [2.24, 2.45) is 0 Å². The molecule has 0 bridgehead atoms. The molecule has 1 saturated carbocycles. The Morgan fingerprint density at radius 2 is 2.05 bits per heavy atom. The molecule has 0 saturated heterocycles. The van der Waals surface area contributed by atoms with Crippen LogP contribution in [0.2, 0.25) is 0 Å². The maximum absolute atomic E-state index is 5.82. The average molecular weight is 261 g/mol. The largest absolute Gasteiger partial charge is 0.494 e. The normalized spacial score (nSPS) is 14.9. The summed E-state index contributed by atoms with van der Waals surface area (Å²) in [4.78, 5) is 0. The van der Waals surface area contributed by atoms with Crippen LogP contribution in [-0.2, 0) is 0 Å². The molecular weight excluding hydrogens is 234 g/mol. The minimum absolute atomic E-state index is 0.567. The lowest BCUT2D eigenvalue weighted by Gasteiger charge is -2.10. The topological polar surface area (TPSA) is 21.3 Å². The van der Waals surface area contributed by atoms with Crippen LogP contribution in [0.15, 0.2) is 24.3 Å². The van der Waals surface area contributed by atoms with Crippen LogP contribution in [0.5, 0.6) is 5.75 Å². The lowest BCUT2D eigenvalue weighted by atomic mass is 10.0. The standard InChI is InChI=1S/C17H27NO/c1-14(2)15-7-6-8-17(13-15)19-12-5-3-4-11-18-16-9-10-16/h6-8,13-14,16,18H,3-5,9-12H2,1-2H3. The molecule has 19 heavy (non-hydrogen) atoms. The van der Waals surface area contributed by atoms with Crippen molar-refractivity contribution in [1.82, 2.24) is 5.32 Å². The van der Waals surface area contributed by atoms with Crippen LogP contribution < -0.4 is 10.1 Å². The van der Waals surface area contributed by atoms with Crippen molar-refractivity contribution in [1.29, 1.82) is 0 Å². The van der Waals surface area contributed by atoms with E-state index >= 15 is 0 Å². The van der Waals surface area contributed by atoms with Crippen molar-refractivity contribution in [3.63, 3.8) is 0 Å². The minimum Gasteiger partial charge on any atom is -0.494 e. The molecule has 1 aromatic rings. The quantitative estimate of drug-likeness (QED) is 0.675. The molecule has 1 aromatic carbocycles. The molecule has 0 heterocycles. The fraction of sp³-hybridized carbons (Fsp3) is 0.647. The molecule has 0 aromatic heterocycles. The van der Waals surface area contributed by atoms with E-state index in [4.69, 9.17) is 4.74 Å². The third-order valence-corrected chi connectivity index (χ3v) is 3.62. The lowest BCUT2D eigenvalue weighted by Crippen LogP contribution is -2.17. The number of nitrogens with one attached hydrogen (secondary N) is 1. The summed E-state index contributed by atoms with van der Waals surface area (Å²) in [5.41, 5.74) is 1.35. The van der Waals surface area contributed by atoms with E-state index in [-0.39, 0.29) is 0 Å². The Morgan fingerprint density at radius 3 is 2.79 bits per heavy atom. The van der Waals surface area contributed by atoms with E-state index in [1.54, 1.807) is 0 Å². The number of hydrogen-bond acceptors (Lipinski definition) is 2. The van der Waals surface area contributed by atoms with Gasteiger partial charge in [-0.2, -0.15) is 0 Å². The smallest absolute Gasteiger partial charge is 0.119 e. The molecule has 2 nitrogen and oxygen atoms in total. The summed E-state index contributed by atoms with van der Waals surface area (Å²) in [6.07, 6.45) is 6.44. The first-order valence-electron chi connectivity index (χ1n) is 7.72. The van der Waals surface area contributed by atoms with E-state index in [9.17, 15) is 0 Å². The molecule has 2 rings (SSSR count). The predicted molar refractivity (Wildman–Crippen MR) is 80.9 cm³/mol. The van der Waals surface area contributed by atoms with Crippen LogP contribution in [0.25, 0.3) is 0 Å². The van der Waals surface area contributed by atoms with Gasteiger partial charge in [-0.25, -0.2) is 0 Å². The molecule has 1 N–H and O–H groups in total. The van der Waals surface area contributed by atoms with Crippen molar-refractivity contribution in [2.75, 3.05) is 13.2 Å². The van der Waals surface area contributed by atoms with Gasteiger partial charge in [0.1, 0.15) is 5.75 Å². The number of hydrogen-bond donors (Lipinski definition) is 1. The van der Waals surface area contributed by atoms with Gasteiger partial charge in [-0.15, -0.1) is 0 Å². The van der Waals surface area contributed by atoms with Gasteiger partial charge in [-0.1, -0.05) is 26.0 Å². The summed E-state index contributed by atoms with van der Waals surface area (Å²) in [6.45, 7) is 6.44.